The molecule has 0 amide bonds. The van der Waals surface area contributed by atoms with Crippen LogP contribution in [-0.2, 0) is 11.1 Å². The van der Waals surface area contributed by atoms with Gasteiger partial charge in [-0.1, -0.05) is 17.7 Å². The lowest BCUT2D eigenvalue weighted by Crippen LogP contribution is -2.11. The first-order valence-corrected chi connectivity index (χ1v) is 5.39. The van der Waals surface area contributed by atoms with E-state index in [1.807, 2.05) is 45.0 Å². The Morgan fingerprint density at radius 2 is 1.77 bits per heavy atom. The van der Waals surface area contributed by atoms with Crippen molar-refractivity contribution in [3.8, 4) is 5.75 Å². The fourth-order valence-electron chi connectivity index (χ4n) is 0.785. The molecule has 13 heavy (non-hydrogen) atoms. The Kier molecular flexibility index (Phi) is 3.48. The smallest absolute Gasteiger partial charge is 0.209 e. The minimum Gasteiger partial charge on any atom is -0.400 e. The molecule has 0 aliphatic heterocycles. The maximum atomic E-state index is 11.3. The minimum absolute atomic E-state index is 0.0290. The molecule has 0 aromatic heterocycles. The second kappa shape index (κ2) is 4.42. The van der Waals surface area contributed by atoms with Crippen molar-refractivity contribution in [3.05, 3.63) is 29.8 Å². The third-order valence-electron chi connectivity index (χ3n) is 1.58. The number of hydrogen-bond donors (Lipinski definition) is 0. The van der Waals surface area contributed by atoms with Crippen LogP contribution in [0.25, 0.3) is 0 Å². The van der Waals surface area contributed by atoms with Crippen molar-refractivity contribution < 1.29 is 8.39 Å². The zero-order valence-electron chi connectivity index (χ0n) is 8.11. The first-order valence-electron chi connectivity index (χ1n) is 4.25. The van der Waals surface area contributed by atoms with E-state index in [2.05, 4.69) is 0 Å². The Morgan fingerprint density at radius 1 is 1.23 bits per heavy atom. The molecule has 0 radical (unpaired) electrons. The van der Waals surface area contributed by atoms with Gasteiger partial charge < -0.3 is 4.18 Å². The number of aryl methyl sites for hydroxylation is 1. The van der Waals surface area contributed by atoms with Gasteiger partial charge in [-0.2, -0.15) is 0 Å². The Morgan fingerprint density at radius 3 is 2.23 bits per heavy atom. The zero-order chi connectivity index (χ0) is 9.84. The van der Waals surface area contributed by atoms with E-state index in [0.717, 1.165) is 0 Å². The highest BCUT2D eigenvalue weighted by atomic mass is 32.2. The van der Waals surface area contributed by atoms with E-state index in [9.17, 15) is 4.21 Å². The summed E-state index contributed by atoms with van der Waals surface area (Å²) in [5.41, 5.74) is 1.17. The topological polar surface area (TPSA) is 26.3 Å². The van der Waals surface area contributed by atoms with E-state index < -0.39 is 11.1 Å². The van der Waals surface area contributed by atoms with Crippen LogP contribution in [0.15, 0.2) is 24.3 Å². The normalized spacial score (nSPS) is 12.9. The molecule has 1 aromatic carbocycles. The highest BCUT2D eigenvalue weighted by molar-refractivity contribution is 7.81. The maximum absolute atomic E-state index is 11.3. The predicted octanol–water partition coefficient (Wildman–Crippen LogP) is 2.45. The van der Waals surface area contributed by atoms with E-state index in [4.69, 9.17) is 4.18 Å². The van der Waals surface area contributed by atoms with Crippen LogP contribution < -0.4 is 4.18 Å². The second-order valence-electron chi connectivity index (χ2n) is 3.21. The quantitative estimate of drug-likeness (QED) is 0.745. The van der Waals surface area contributed by atoms with Crippen LogP contribution in [0.3, 0.4) is 0 Å². The summed E-state index contributed by atoms with van der Waals surface area (Å²) >= 11 is -1.23. The molecule has 0 saturated carbocycles. The Labute approximate surface area is 81.6 Å². The molecule has 0 spiro atoms. The summed E-state index contributed by atoms with van der Waals surface area (Å²) in [5, 5.41) is 0.0290. The molecule has 1 aromatic rings. The van der Waals surface area contributed by atoms with E-state index in [-0.39, 0.29) is 5.25 Å². The summed E-state index contributed by atoms with van der Waals surface area (Å²) in [6.45, 7) is 5.73. The molecule has 72 valence electrons. The van der Waals surface area contributed by atoms with Gasteiger partial charge in [-0.3, -0.25) is 0 Å². The Hall–Kier alpha value is -0.830. The molecule has 1 unspecified atom stereocenters. The van der Waals surface area contributed by atoms with Crippen LogP contribution in [0.2, 0.25) is 0 Å². The highest BCUT2D eigenvalue weighted by Crippen LogP contribution is 2.13. The lowest BCUT2D eigenvalue weighted by molar-refractivity contribution is 0.553. The summed E-state index contributed by atoms with van der Waals surface area (Å²) in [6, 6.07) is 7.53. The van der Waals surface area contributed by atoms with Gasteiger partial charge in [-0.05, 0) is 32.9 Å². The SMILES string of the molecule is Cc1ccc(OS(=O)C(C)C)cc1. The predicted molar refractivity (Wildman–Crippen MR) is 55.1 cm³/mol. The molecule has 1 atom stereocenters. The lowest BCUT2D eigenvalue weighted by Gasteiger charge is -2.06. The van der Waals surface area contributed by atoms with Crippen molar-refractivity contribution in [2.45, 2.75) is 26.0 Å². The summed E-state index contributed by atoms with van der Waals surface area (Å²) in [7, 11) is 0. The molecular formula is C10H14O2S. The van der Waals surface area contributed by atoms with E-state index >= 15 is 0 Å². The standard InChI is InChI=1S/C10H14O2S/c1-8(2)13(11)12-10-6-4-9(3)5-7-10/h4-8H,1-3H3. The van der Waals surface area contributed by atoms with Gasteiger partial charge in [-0.15, -0.1) is 0 Å². The van der Waals surface area contributed by atoms with Crippen LogP contribution in [0, 0.1) is 6.92 Å². The van der Waals surface area contributed by atoms with Gasteiger partial charge in [0.1, 0.15) is 5.75 Å². The van der Waals surface area contributed by atoms with Crippen molar-refractivity contribution in [3.63, 3.8) is 0 Å². The molecule has 0 aliphatic carbocycles. The van der Waals surface area contributed by atoms with Crippen molar-refractivity contribution in [1.82, 2.24) is 0 Å². The number of hydrogen-bond acceptors (Lipinski definition) is 2. The third-order valence-corrected chi connectivity index (χ3v) is 2.71. The van der Waals surface area contributed by atoms with E-state index in [0.29, 0.717) is 5.75 Å². The van der Waals surface area contributed by atoms with Crippen molar-refractivity contribution in [2.24, 2.45) is 0 Å². The van der Waals surface area contributed by atoms with Gasteiger partial charge in [0.05, 0.1) is 5.25 Å². The summed E-state index contributed by atoms with van der Waals surface area (Å²) < 4.78 is 16.5. The first kappa shape index (κ1) is 10.3. The van der Waals surface area contributed by atoms with E-state index in [1.54, 1.807) is 0 Å². The summed E-state index contributed by atoms with van der Waals surface area (Å²) in [6.07, 6.45) is 0. The third kappa shape index (κ3) is 3.19. The molecular weight excluding hydrogens is 184 g/mol. The van der Waals surface area contributed by atoms with Gasteiger partial charge >= 0.3 is 0 Å². The van der Waals surface area contributed by atoms with E-state index in [1.165, 1.54) is 5.56 Å². The second-order valence-corrected chi connectivity index (χ2v) is 4.84. The van der Waals surface area contributed by atoms with Crippen molar-refractivity contribution >= 4 is 11.1 Å². The molecule has 0 bridgehead atoms. The van der Waals surface area contributed by atoms with Gasteiger partial charge in [-0.25, -0.2) is 4.21 Å². The molecule has 2 nitrogen and oxygen atoms in total. The van der Waals surface area contributed by atoms with Crippen molar-refractivity contribution in [1.29, 1.82) is 0 Å². The van der Waals surface area contributed by atoms with Crippen molar-refractivity contribution in [2.75, 3.05) is 0 Å². The summed E-state index contributed by atoms with van der Waals surface area (Å²) in [4.78, 5) is 0. The van der Waals surface area contributed by atoms with Gasteiger partial charge in [0.15, 0.2) is 0 Å². The largest absolute Gasteiger partial charge is 0.400 e. The lowest BCUT2D eigenvalue weighted by atomic mass is 10.2. The van der Waals surface area contributed by atoms with Crippen LogP contribution in [0.4, 0.5) is 0 Å². The van der Waals surface area contributed by atoms with Gasteiger partial charge in [0, 0.05) is 0 Å². The molecule has 3 heteroatoms. The molecule has 1 rings (SSSR count). The first-order chi connectivity index (χ1) is 6.09. The summed E-state index contributed by atoms with van der Waals surface area (Å²) in [5.74, 6) is 0.664. The zero-order valence-corrected chi connectivity index (χ0v) is 8.93. The highest BCUT2D eigenvalue weighted by Gasteiger charge is 2.06. The fourth-order valence-corrected chi connectivity index (χ4v) is 1.28. The van der Waals surface area contributed by atoms with Gasteiger partial charge in [0.25, 0.3) is 0 Å². The van der Waals surface area contributed by atoms with Crippen LogP contribution in [0.1, 0.15) is 19.4 Å². The molecule has 0 saturated heterocycles. The maximum Gasteiger partial charge on any atom is 0.209 e. The monoisotopic (exact) mass is 198 g/mol. The molecule has 0 fully saturated rings. The van der Waals surface area contributed by atoms with Crippen LogP contribution in [-0.4, -0.2) is 9.46 Å². The Bertz CT molecular complexity index is 290. The molecule has 0 aliphatic rings. The van der Waals surface area contributed by atoms with Crippen LogP contribution >= 0.6 is 0 Å². The minimum atomic E-state index is -1.23. The average Bonchev–Trinajstić information content (AvgIpc) is 2.08. The number of rotatable bonds is 3. The fraction of sp³-hybridized carbons (Fsp3) is 0.400. The van der Waals surface area contributed by atoms with Gasteiger partial charge in [0.2, 0.25) is 11.1 Å². The molecule has 0 heterocycles. The van der Waals surface area contributed by atoms with Crippen LogP contribution in [0.5, 0.6) is 5.75 Å². The average molecular weight is 198 g/mol. The number of benzene rings is 1. The molecule has 0 N–H and O–H groups in total. The Balaban J connectivity index is 2.65.